The summed E-state index contributed by atoms with van der Waals surface area (Å²) in [5.74, 6) is -4.17. The zero-order valence-corrected chi connectivity index (χ0v) is 18.2. The van der Waals surface area contributed by atoms with Crippen LogP contribution in [0.15, 0.2) is 41.3 Å². The first-order chi connectivity index (χ1) is 15.9. The molecule has 1 aliphatic carbocycles. The summed E-state index contributed by atoms with van der Waals surface area (Å²) >= 11 is 0. The molecule has 1 N–H and O–H groups in total. The topological polar surface area (TPSA) is 63.2 Å². The Hall–Kier alpha value is -2.77. The van der Waals surface area contributed by atoms with E-state index in [4.69, 9.17) is 0 Å². The van der Waals surface area contributed by atoms with E-state index in [0.29, 0.717) is 12.1 Å². The van der Waals surface area contributed by atoms with Crippen LogP contribution in [0, 0.1) is 11.6 Å². The number of alkyl halides is 7. The Morgan fingerprint density at radius 1 is 0.914 bits per heavy atom. The average Bonchev–Trinajstić information content (AvgIpc) is 2.73. The minimum Gasteiger partial charge on any atom is -0.349 e. The first kappa shape index (κ1) is 26.8. The standard InChI is InChI=1S/C21H16F9NO3S/c22-13-8-12(20(25,26)27)9-15(10-13)35(33,34)19(24)5-3-14(4-6-19)31-18(32)11-1-2-17(23)16(7-11)21(28,29)30/h1-2,7-10,14H,3-6H2,(H,31,32)/t14-,19+. The van der Waals surface area contributed by atoms with Gasteiger partial charge in [-0.25, -0.2) is 21.6 Å². The summed E-state index contributed by atoms with van der Waals surface area (Å²) < 4.78 is 145. The van der Waals surface area contributed by atoms with Crippen LogP contribution in [0.2, 0.25) is 0 Å². The zero-order chi connectivity index (χ0) is 26.4. The first-order valence-corrected chi connectivity index (χ1v) is 11.4. The van der Waals surface area contributed by atoms with Crippen LogP contribution in [0.3, 0.4) is 0 Å². The van der Waals surface area contributed by atoms with Crippen LogP contribution >= 0.6 is 0 Å². The molecule has 2 aromatic carbocycles. The number of benzene rings is 2. The third kappa shape index (κ3) is 5.57. The molecule has 0 saturated heterocycles. The quantitative estimate of drug-likeness (QED) is 0.505. The summed E-state index contributed by atoms with van der Waals surface area (Å²) in [5.41, 5.74) is -3.82. The lowest BCUT2D eigenvalue weighted by Crippen LogP contribution is -2.45. The van der Waals surface area contributed by atoms with E-state index in [1.54, 1.807) is 0 Å². The highest BCUT2D eigenvalue weighted by molar-refractivity contribution is 7.92. The Morgan fingerprint density at radius 2 is 1.51 bits per heavy atom. The number of halogens is 9. The maximum absolute atomic E-state index is 15.4. The predicted molar refractivity (Wildman–Crippen MR) is 104 cm³/mol. The van der Waals surface area contributed by atoms with E-state index in [2.05, 4.69) is 5.32 Å². The molecule has 1 saturated carbocycles. The fourth-order valence-corrected chi connectivity index (χ4v) is 5.45. The summed E-state index contributed by atoms with van der Waals surface area (Å²) in [7, 11) is -5.08. The lowest BCUT2D eigenvalue weighted by atomic mass is 9.93. The monoisotopic (exact) mass is 533 g/mol. The van der Waals surface area contributed by atoms with Gasteiger partial charge >= 0.3 is 12.4 Å². The van der Waals surface area contributed by atoms with E-state index < -0.39 is 85.2 Å². The van der Waals surface area contributed by atoms with Crippen molar-refractivity contribution in [2.24, 2.45) is 0 Å². The van der Waals surface area contributed by atoms with Gasteiger partial charge in [-0.15, -0.1) is 0 Å². The molecule has 14 heteroatoms. The summed E-state index contributed by atoms with van der Waals surface area (Å²) in [5, 5.41) is -0.764. The van der Waals surface area contributed by atoms with Gasteiger partial charge in [0.15, 0.2) is 0 Å². The number of hydrogen-bond acceptors (Lipinski definition) is 3. The predicted octanol–water partition coefficient (Wildman–Crippen LogP) is 5.81. The number of amides is 1. The van der Waals surface area contributed by atoms with E-state index in [9.17, 15) is 48.3 Å². The summed E-state index contributed by atoms with van der Waals surface area (Å²) in [4.78, 5) is 11.1. The van der Waals surface area contributed by atoms with Gasteiger partial charge in [-0.1, -0.05) is 0 Å². The summed E-state index contributed by atoms with van der Waals surface area (Å²) in [6, 6.07) is 1.11. The van der Waals surface area contributed by atoms with Crippen LogP contribution in [0.1, 0.15) is 47.2 Å². The maximum atomic E-state index is 15.4. The summed E-state index contributed by atoms with van der Waals surface area (Å²) in [6.45, 7) is 0. The van der Waals surface area contributed by atoms with Crippen LogP contribution in [0.5, 0.6) is 0 Å². The van der Waals surface area contributed by atoms with Crippen molar-refractivity contribution < 1.29 is 52.7 Å². The molecule has 0 unspecified atom stereocenters. The van der Waals surface area contributed by atoms with Crippen molar-refractivity contribution in [3.05, 3.63) is 64.7 Å². The van der Waals surface area contributed by atoms with Crippen molar-refractivity contribution in [3.8, 4) is 0 Å². The van der Waals surface area contributed by atoms with Crippen LogP contribution in [0.4, 0.5) is 39.5 Å². The van der Waals surface area contributed by atoms with Crippen LogP contribution in [-0.4, -0.2) is 25.4 Å². The van der Waals surface area contributed by atoms with Crippen molar-refractivity contribution in [2.75, 3.05) is 0 Å². The molecule has 35 heavy (non-hydrogen) atoms. The Kier molecular flexibility index (Phi) is 6.92. The van der Waals surface area contributed by atoms with Crippen LogP contribution in [-0.2, 0) is 22.2 Å². The molecular formula is C21H16F9NO3S. The average molecular weight is 533 g/mol. The van der Waals surface area contributed by atoms with Gasteiger partial charge in [-0.2, -0.15) is 26.3 Å². The van der Waals surface area contributed by atoms with E-state index in [1.807, 2.05) is 0 Å². The molecule has 0 aromatic heterocycles. The third-order valence-corrected chi connectivity index (χ3v) is 7.82. The SMILES string of the molecule is O=C(N[C@H]1CC[C@@](F)(S(=O)(=O)c2cc(F)cc(C(F)(F)F)c2)CC1)c1ccc(F)c(C(F)(F)F)c1. The molecule has 2 aromatic rings. The minimum absolute atomic E-state index is 0.0655. The molecule has 0 heterocycles. The van der Waals surface area contributed by atoms with Crippen LogP contribution < -0.4 is 5.32 Å². The number of rotatable bonds is 4. The molecule has 192 valence electrons. The number of nitrogens with one attached hydrogen (secondary N) is 1. The molecule has 0 atom stereocenters. The number of carbonyl (C=O) groups excluding carboxylic acids is 1. The first-order valence-electron chi connectivity index (χ1n) is 9.93. The van der Waals surface area contributed by atoms with Gasteiger partial charge in [0.25, 0.3) is 5.91 Å². The zero-order valence-electron chi connectivity index (χ0n) is 17.4. The highest BCUT2D eigenvalue weighted by Gasteiger charge is 2.48. The second-order valence-corrected chi connectivity index (χ2v) is 10.2. The van der Waals surface area contributed by atoms with Crippen molar-refractivity contribution in [1.29, 1.82) is 0 Å². The lowest BCUT2D eigenvalue weighted by Gasteiger charge is -2.34. The van der Waals surface area contributed by atoms with E-state index in [1.165, 1.54) is 0 Å². The molecule has 1 fully saturated rings. The van der Waals surface area contributed by atoms with Gasteiger partial charge in [0, 0.05) is 11.6 Å². The number of hydrogen-bond donors (Lipinski definition) is 1. The second kappa shape index (κ2) is 9.03. The molecule has 3 rings (SSSR count). The molecular weight excluding hydrogens is 517 g/mol. The Morgan fingerprint density at radius 3 is 2.06 bits per heavy atom. The largest absolute Gasteiger partial charge is 0.419 e. The van der Waals surface area contributed by atoms with E-state index >= 15 is 4.39 Å². The van der Waals surface area contributed by atoms with Gasteiger partial charge in [-0.05, 0) is 62.1 Å². The lowest BCUT2D eigenvalue weighted by molar-refractivity contribution is -0.140. The van der Waals surface area contributed by atoms with Gasteiger partial charge in [0.05, 0.1) is 16.0 Å². The van der Waals surface area contributed by atoms with Crippen molar-refractivity contribution in [2.45, 2.75) is 54.0 Å². The molecule has 1 aliphatic rings. The minimum atomic E-state index is -5.08. The molecule has 0 spiro atoms. The van der Waals surface area contributed by atoms with Gasteiger partial charge in [-0.3, -0.25) is 4.79 Å². The van der Waals surface area contributed by atoms with Crippen molar-refractivity contribution in [1.82, 2.24) is 5.32 Å². The fourth-order valence-electron chi connectivity index (χ4n) is 3.71. The third-order valence-electron chi connectivity index (χ3n) is 5.59. The molecule has 0 aliphatic heterocycles. The fraction of sp³-hybridized carbons (Fsp3) is 0.381. The van der Waals surface area contributed by atoms with Gasteiger partial charge in [0.2, 0.25) is 14.8 Å². The molecule has 1 amide bonds. The highest BCUT2D eigenvalue weighted by atomic mass is 32.2. The number of carbonyl (C=O) groups is 1. The molecule has 0 radical (unpaired) electrons. The summed E-state index contributed by atoms with van der Waals surface area (Å²) in [6.07, 6.45) is -12.4. The maximum Gasteiger partial charge on any atom is 0.419 e. The molecule has 4 nitrogen and oxygen atoms in total. The normalized spacial score (nSPS) is 21.6. The smallest absolute Gasteiger partial charge is 0.349 e. The van der Waals surface area contributed by atoms with Crippen LogP contribution in [0.25, 0.3) is 0 Å². The molecule has 0 bridgehead atoms. The Labute approximate surface area is 193 Å². The van der Waals surface area contributed by atoms with Gasteiger partial charge < -0.3 is 5.32 Å². The Balaban J connectivity index is 1.75. The number of sulfone groups is 1. The van der Waals surface area contributed by atoms with E-state index in [-0.39, 0.29) is 31.0 Å². The highest BCUT2D eigenvalue weighted by Crippen LogP contribution is 2.42. The van der Waals surface area contributed by atoms with Crippen molar-refractivity contribution >= 4 is 15.7 Å². The van der Waals surface area contributed by atoms with E-state index in [0.717, 1.165) is 6.07 Å². The second-order valence-electron chi connectivity index (χ2n) is 8.00. The van der Waals surface area contributed by atoms with Crippen molar-refractivity contribution in [3.63, 3.8) is 0 Å². The van der Waals surface area contributed by atoms with Gasteiger partial charge in [0.1, 0.15) is 11.6 Å². The Bertz CT molecular complexity index is 1230.